The Morgan fingerprint density at radius 2 is 2.16 bits per heavy atom. The molecule has 8 nitrogen and oxygen atoms in total. The highest BCUT2D eigenvalue weighted by Gasteiger charge is 2.23. The molecule has 1 aliphatic rings. The van der Waals surface area contributed by atoms with Crippen LogP contribution in [0.4, 0.5) is 5.00 Å². The van der Waals surface area contributed by atoms with Crippen LogP contribution in [0.25, 0.3) is 0 Å². The lowest BCUT2D eigenvalue weighted by Gasteiger charge is -2.11. The SMILES string of the molecule is Cc1nsc(NC(=O)C2=NNC(=O)CC2)c1C(=O)O. The predicted octanol–water partition coefficient (Wildman–Crippen LogP) is 0.354. The monoisotopic (exact) mass is 282 g/mol. The summed E-state index contributed by atoms with van der Waals surface area (Å²) in [6.45, 7) is 1.55. The first-order valence-corrected chi connectivity index (χ1v) is 6.12. The van der Waals surface area contributed by atoms with Crippen LogP contribution in [0.1, 0.15) is 28.9 Å². The van der Waals surface area contributed by atoms with E-state index < -0.39 is 11.9 Å². The number of rotatable bonds is 3. The lowest BCUT2D eigenvalue weighted by molar-refractivity contribution is -0.121. The van der Waals surface area contributed by atoms with Crippen molar-refractivity contribution < 1.29 is 19.5 Å². The fourth-order valence-electron chi connectivity index (χ4n) is 1.52. The largest absolute Gasteiger partial charge is 0.478 e. The lowest BCUT2D eigenvalue weighted by Crippen LogP contribution is -2.32. The van der Waals surface area contributed by atoms with Crippen molar-refractivity contribution >= 4 is 40.0 Å². The molecule has 0 fully saturated rings. The Labute approximate surface area is 111 Å². The number of carboxylic acid groups (broad SMARTS) is 1. The Hall–Kier alpha value is -2.29. The van der Waals surface area contributed by atoms with E-state index in [0.29, 0.717) is 5.69 Å². The van der Waals surface area contributed by atoms with Crippen molar-refractivity contribution in [1.29, 1.82) is 0 Å². The number of aromatic carboxylic acids is 1. The van der Waals surface area contributed by atoms with Crippen molar-refractivity contribution in [2.45, 2.75) is 19.8 Å². The molecule has 0 radical (unpaired) electrons. The van der Waals surface area contributed by atoms with Gasteiger partial charge in [-0.05, 0) is 18.5 Å². The Kier molecular flexibility index (Phi) is 3.56. The standard InChI is InChI=1S/C10H10N4O4S/c1-4-7(10(17)18)9(19-14-4)11-8(16)5-2-3-6(15)13-12-5/h2-3H2,1H3,(H,11,16)(H,13,15)(H,17,18). The van der Waals surface area contributed by atoms with Gasteiger partial charge in [-0.3, -0.25) is 9.59 Å². The minimum Gasteiger partial charge on any atom is -0.478 e. The van der Waals surface area contributed by atoms with Gasteiger partial charge in [0.15, 0.2) is 0 Å². The van der Waals surface area contributed by atoms with Crippen LogP contribution in [-0.2, 0) is 9.59 Å². The highest BCUT2D eigenvalue weighted by molar-refractivity contribution is 7.11. The van der Waals surface area contributed by atoms with E-state index in [1.165, 1.54) is 0 Å². The smallest absolute Gasteiger partial charge is 0.340 e. The minimum atomic E-state index is -1.15. The highest BCUT2D eigenvalue weighted by atomic mass is 32.1. The van der Waals surface area contributed by atoms with Crippen LogP contribution >= 0.6 is 11.5 Å². The van der Waals surface area contributed by atoms with E-state index in [1.54, 1.807) is 6.92 Å². The van der Waals surface area contributed by atoms with Crippen molar-refractivity contribution in [2.75, 3.05) is 5.32 Å². The maximum absolute atomic E-state index is 11.9. The maximum atomic E-state index is 11.9. The molecule has 2 heterocycles. The van der Waals surface area contributed by atoms with Gasteiger partial charge in [0, 0.05) is 12.8 Å². The molecule has 19 heavy (non-hydrogen) atoms. The number of nitrogens with zero attached hydrogens (tertiary/aromatic N) is 2. The molecule has 9 heteroatoms. The van der Waals surface area contributed by atoms with E-state index in [2.05, 4.69) is 20.2 Å². The first-order chi connectivity index (χ1) is 8.99. The van der Waals surface area contributed by atoms with E-state index >= 15 is 0 Å². The molecule has 0 saturated carbocycles. The van der Waals surface area contributed by atoms with Crippen LogP contribution in [0.3, 0.4) is 0 Å². The van der Waals surface area contributed by atoms with Crippen LogP contribution in [0.2, 0.25) is 0 Å². The number of anilines is 1. The Bertz CT molecular complexity index is 592. The van der Waals surface area contributed by atoms with Crippen molar-refractivity contribution in [3.05, 3.63) is 11.3 Å². The average molecular weight is 282 g/mol. The molecular formula is C10H10N4O4S. The third-order valence-corrected chi connectivity index (χ3v) is 3.32. The summed E-state index contributed by atoms with van der Waals surface area (Å²) in [5.74, 6) is -1.94. The van der Waals surface area contributed by atoms with Crippen LogP contribution in [-0.4, -0.2) is 33.0 Å². The molecule has 0 aliphatic carbocycles. The molecule has 2 amide bonds. The molecule has 1 aromatic rings. The van der Waals surface area contributed by atoms with Gasteiger partial charge in [0.05, 0.1) is 5.69 Å². The number of carboxylic acids is 1. The van der Waals surface area contributed by atoms with Crippen LogP contribution < -0.4 is 10.7 Å². The summed E-state index contributed by atoms with van der Waals surface area (Å²) in [5, 5.41) is 15.3. The zero-order valence-corrected chi connectivity index (χ0v) is 10.7. The van der Waals surface area contributed by atoms with Crippen molar-refractivity contribution in [3.8, 4) is 0 Å². The number of hydrogen-bond donors (Lipinski definition) is 3. The number of hydrogen-bond acceptors (Lipinski definition) is 6. The van der Waals surface area contributed by atoms with Gasteiger partial charge in [0.2, 0.25) is 5.91 Å². The number of hydrazone groups is 1. The summed E-state index contributed by atoms with van der Waals surface area (Å²) in [5.41, 5.74) is 2.67. The molecule has 0 bridgehead atoms. The normalized spacial score (nSPS) is 14.6. The van der Waals surface area contributed by atoms with Gasteiger partial charge in [0.25, 0.3) is 5.91 Å². The number of aryl methyl sites for hydroxylation is 1. The summed E-state index contributed by atoms with van der Waals surface area (Å²) < 4.78 is 3.88. The van der Waals surface area contributed by atoms with Gasteiger partial charge < -0.3 is 10.4 Å². The second-order valence-corrected chi connectivity index (χ2v) is 4.60. The van der Waals surface area contributed by atoms with E-state index in [9.17, 15) is 14.4 Å². The zero-order chi connectivity index (χ0) is 14.0. The second kappa shape index (κ2) is 5.14. The highest BCUT2D eigenvalue weighted by Crippen LogP contribution is 2.24. The van der Waals surface area contributed by atoms with Crippen molar-refractivity contribution in [3.63, 3.8) is 0 Å². The zero-order valence-electron chi connectivity index (χ0n) is 9.89. The fraction of sp³-hybridized carbons (Fsp3) is 0.300. The summed E-state index contributed by atoms with van der Waals surface area (Å²) in [6.07, 6.45) is 0.400. The van der Waals surface area contributed by atoms with Gasteiger partial charge in [0.1, 0.15) is 16.3 Å². The van der Waals surface area contributed by atoms with Gasteiger partial charge in [-0.15, -0.1) is 0 Å². The first-order valence-electron chi connectivity index (χ1n) is 5.35. The molecule has 0 saturated heterocycles. The topological polar surface area (TPSA) is 121 Å². The summed E-state index contributed by atoms with van der Waals surface area (Å²) in [4.78, 5) is 33.8. The molecule has 1 aliphatic heterocycles. The molecule has 0 unspecified atom stereocenters. The second-order valence-electron chi connectivity index (χ2n) is 3.82. The Morgan fingerprint density at radius 1 is 1.42 bits per heavy atom. The van der Waals surface area contributed by atoms with Gasteiger partial charge in [-0.2, -0.15) is 9.47 Å². The molecule has 0 spiro atoms. The van der Waals surface area contributed by atoms with Crippen molar-refractivity contribution in [2.24, 2.45) is 5.10 Å². The third-order valence-electron chi connectivity index (χ3n) is 2.47. The molecule has 2 rings (SSSR count). The van der Waals surface area contributed by atoms with Gasteiger partial charge in [-0.25, -0.2) is 10.2 Å². The minimum absolute atomic E-state index is 0.0289. The summed E-state index contributed by atoms with van der Waals surface area (Å²) in [7, 11) is 0. The quantitative estimate of drug-likeness (QED) is 0.738. The fourth-order valence-corrected chi connectivity index (χ4v) is 2.30. The van der Waals surface area contributed by atoms with Crippen LogP contribution in [0.15, 0.2) is 5.10 Å². The van der Waals surface area contributed by atoms with Crippen molar-refractivity contribution in [1.82, 2.24) is 9.80 Å². The average Bonchev–Trinajstić information content (AvgIpc) is 2.71. The van der Waals surface area contributed by atoms with Crippen LogP contribution in [0, 0.1) is 6.92 Å². The number of carbonyl (C=O) groups is 3. The van der Waals surface area contributed by atoms with Gasteiger partial charge in [-0.1, -0.05) is 0 Å². The predicted molar refractivity (Wildman–Crippen MR) is 67.3 cm³/mol. The van der Waals surface area contributed by atoms with E-state index in [1.807, 2.05) is 0 Å². The summed E-state index contributed by atoms with van der Waals surface area (Å²) in [6, 6.07) is 0. The van der Waals surface area contributed by atoms with E-state index in [-0.39, 0.29) is 35.0 Å². The molecule has 100 valence electrons. The molecule has 0 atom stereocenters. The maximum Gasteiger partial charge on any atom is 0.340 e. The van der Waals surface area contributed by atoms with E-state index in [0.717, 1.165) is 11.5 Å². The molecule has 0 aromatic carbocycles. The number of nitrogens with one attached hydrogen (secondary N) is 2. The van der Waals surface area contributed by atoms with Gasteiger partial charge >= 0.3 is 5.97 Å². The van der Waals surface area contributed by atoms with Crippen LogP contribution in [0.5, 0.6) is 0 Å². The lowest BCUT2D eigenvalue weighted by atomic mass is 10.1. The molecule has 1 aromatic heterocycles. The molecular weight excluding hydrogens is 272 g/mol. The Morgan fingerprint density at radius 3 is 2.74 bits per heavy atom. The number of amides is 2. The van der Waals surface area contributed by atoms with E-state index in [4.69, 9.17) is 5.11 Å². The number of carbonyl (C=O) groups excluding carboxylic acids is 2. The first kappa shape index (κ1) is 13.1. The third kappa shape index (κ3) is 2.76. The molecule has 3 N–H and O–H groups in total. The number of aromatic nitrogens is 1. The Balaban J connectivity index is 2.16. The summed E-state index contributed by atoms with van der Waals surface area (Å²) >= 11 is 0.892.